The van der Waals surface area contributed by atoms with Gasteiger partial charge in [0.05, 0.1) is 5.69 Å². The smallest absolute Gasteiger partial charge is 0.267 e. The maximum atomic E-state index is 11.0. The zero-order valence-electron chi connectivity index (χ0n) is 9.78. The fraction of sp³-hybridized carbons (Fsp3) is 0.455. The van der Waals surface area contributed by atoms with E-state index in [0.29, 0.717) is 5.69 Å². The molecule has 1 amide bonds. The molecular formula is C11H17N3O2. The summed E-state index contributed by atoms with van der Waals surface area (Å²) in [5.74, 6) is -0.345. The zero-order valence-corrected chi connectivity index (χ0v) is 9.78. The van der Waals surface area contributed by atoms with Gasteiger partial charge < -0.3 is 16.2 Å². The van der Waals surface area contributed by atoms with Gasteiger partial charge in [-0.05, 0) is 32.4 Å². The molecule has 0 atom stereocenters. The van der Waals surface area contributed by atoms with Crippen LogP contribution in [0.1, 0.15) is 37.7 Å². The van der Waals surface area contributed by atoms with Crippen LogP contribution < -0.4 is 16.2 Å². The number of nitrogen functional groups attached to an aromatic ring is 1. The molecule has 0 radical (unpaired) electrons. The first-order chi connectivity index (χ1) is 7.35. The number of rotatable bonds is 4. The van der Waals surface area contributed by atoms with Gasteiger partial charge in [-0.2, -0.15) is 0 Å². The van der Waals surface area contributed by atoms with E-state index >= 15 is 0 Å². The SMILES string of the molecule is CCC(C)(C)Oc1nc(C(N)=O)ccc1N. The maximum Gasteiger partial charge on any atom is 0.267 e. The van der Waals surface area contributed by atoms with E-state index in [0.717, 1.165) is 6.42 Å². The minimum Gasteiger partial charge on any atom is -0.470 e. The van der Waals surface area contributed by atoms with E-state index in [1.165, 1.54) is 6.07 Å². The molecule has 1 aromatic heterocycles. The minimum absolute atomic E-state index is 0.149. The van der Waals surface area contributed by atoms with Crippen LogP contribution in [0.2, 0.25) is 0 Å². The van der Waals surface area contributed by atoms with Crippen molar-refractivity contribution in [1.29, 1.82) is 0 Å². The Morgan fingerprint density at radius 2 is 2.12 bits per heavy atom. The van der Waals surface area contributed by atoms with Crippen molar-refractivity contribution in [1.82, 2.24) is 4.98 Å². The van der Waals surface area contributed by atoms with Crippen LogP contribution in [0.25, 0.3) is 0 Å². The number of anilines is 1. The summed E-state index contributed by atoms with van der Waals surface area (Å²) in [6.45, 7) is 5.84. The number of pyridine rings is 1. The highest BCUT2D eigenvalue weighted by atomic mass is 16.5. The van der Waals surface area contributed by atoms with Crippen LogP contribution >= 0.6 is 0 Å². The van der Waals surface area contributed by atoms with Crippen LogP contribution in [0.4, 0.5) is 5.69 Å². The quantitative estimate of drug-likeness (QED) is 0.805. The van der Waals surface area contributed by atoms with E-state index < -0.39 is 5.91 Å². The molecule has 0 aliphatic heterocycles. The van der Waals surface area contributed by atoms with Gasteiger partial charge >= 0.3 is 0 Å². The molecule has 0 saturated carbocycles. The second-order valence-electron chi connectivity index (χ2n) is 4.17. The van der Waals surface area contributed by atoms with E-state index in [2.05, 4.69) is 4.98 Å². The Morgan fingerprint density at radius 3 is 2.62 bits per heavy atom. The molecule has 5 nitrogen and oxygen atoms in total. The summed E-state index contributed by atoms with van der Waals surface area (Å²) in [5, 5.41) is 0. The molecule has 5 heteroatoms. The Morgan fingerprint density at radius 1 is 1.50 bits per heavy atom. The molecule has 88 valence electrons. The molecule has 0 aliphatic rings. The van der Waals surface area contributed by atoms with Crippen molar-refractivity contribution in [3.05, 3.63) is 17.8 Å². The van der Waals surface area contributed by atoms with Gasteiger partial charge in [0.1, 0.15) is 11.3 Å². The van der Waals surface area contributed by atoms with Crippen molar-refractivity contribution in [3.8, 4) is 5.88 Å². The van der Waals surface area contributed by atoms with Gasteiger partial charge in [0.15, 0.2) is 0 Å². The lowest BCUT2D eigenvalue weighted by atomic mass is 10.1. The first-order valence-electron chi connectivity index (χ1n) is 5.11. The number of primary amides is 1. The molecule has 4 N–H and O–H groups in total. The lowest BCUT2D eigenvalue weighted by Crippen LogP contribution is -2.28. The fourth-order valence-corrected chi connectivity index (χ4v) is 1.00. The van der Waals surface area contributed by atoms with Crippen LogP contribution in [0, 0.1) is 0 Å². The Kier molecular flexibility index (Phi) is 3.37. The van der Waals surface area contributed by atoms with Gasteiger partial charge in [-0.15, -0.1) is 0 Å². The van der Waals surface area contributed by atoms with Crippen LogP contribution in [0.5, 0.6) is 5.88 Å². The second kappa shape index (κ2) is 4.38. The number of carbonyl (C=O) groups is 1. The average molecular weight is 223 g/mol. The Bertz CT molecular complexity index is 402. The van der Waals surface area contributed by atoms with E-state index in [1.54, 1.807) is 6.07 Å². The van der Waals surface area contributed by atoms with Crippen molar-refractivity contribution >= 4 is 11.6 Å². The lowest BCUT2D eigenvalue weighted by Gasteiger charge is -2.24. The number of nitrogens with two attached hydrogens (primary N) is 2. The molecular weight excluding hydrogens is 206 g/mol. The molecule has 16 heavy (non-hydrogen) atoms. The topological polar surface area (TPSA) is 91.2 Å². The summed E-state index contributed by atoms with van der Waals surface area (Å²) in [6, 6.07) is 3.04. The largest absolute Gasteiger partial charge is 0.470 e. The number of carbonyl (C=O) groups excluding carboxylic acids is 1. The van der Waals surface area contributed by atoms with Gasteiger partial charge in [0, 0.05) is 0 Å². The van der Waals surface area contributed by atoms with E-state index in [4.69, 9.17) is 16.2 Å². The van der Waals surface area contributed by atoms with Crippen molar-refractivity contribution in [2.75, 3.05) is 5.73 Å². The van der Waals surface area contributed by atoms with Gasteiger partial charge in [-0.25, -0.2) is 4.98 Å². The average Bonchev–Trinajstić information content (AvgIpc) is 2.21. The molecule has 0 aliphatic carbocycles. The number of hydrogen-bond donors (Lipinski definition) is 2. The van der Waals surface area contributed by atoms with E-state index in [1.807, 2.05) is 20.8 Å². The first kappa shape index (κ1) is 12.3. The number of aromatic nitrogens is 1. The predicted molar refractivity (Wildman–Crippen MR) is 62.2 cm³/mol. The van der Waals surface area contributed by atoms with E-state index in [-0.39, 0.29) is 17.2 Å². The third kappa shape index (κ3) is 2.85. The van der Waals surface area contributed by atoms with E-state index in [9.17, 15) is 4.79 Å². The third-order valence-electron chi connectivity index (χ3n) is 2.37. The molecule has 0 fully saturated rings. The summed E-state index contributed by atoms with van der Waals surface area (Å²) < 4.78 is 5.63. The molecule has 0 bridgehead atoms. The van der Waals surface area contributed by atoms with Crippen molar-refractivity contribution < 1.29 is 9.53 Å². The summed E-state index contributed by atoms with van der Waals surface area (Å²) in [7, 11) is 0. The third-order valence-corrected chi connectivity index (χ3v) is 2.37. The minimum atomic E-state index is -0.598. The highest BCUT2D eigenvalue weighted by Crippen LogP contribution is 2.24. The summed E-state index contributed by atoms with van der Waals surface area (Å²) in [5.41, 5.74) is 11.0. The van der Waals surface area contributed by atoms with Crippen LogP contribution in [-0.2, 0) is 0 Å². The monoisotopic (exact) mass is 223 g/mol. The molecule has 1 rings (SSSR count). The standard InChI is InChI=1S/C11H17N3O2/c1-4-11(2,3)16-10-7(12)5-6-8(14-10)9(13)15/h5-6H,4,12H2,1-3H3,(H2,13,15). The van der Waals surface area contributed by atoms with Gasteiger partial charge in [0.2, 0.25) is 5.88 Å². The van der Waals surface area contributed by atoms with Gasteiger partial charge in [-0.1, -0.05) is 6.92 Å². The summed E-state index contributed by atoms with van der Waals surface area (Å²) in [6.07, 6.45) is 0.801. The van der Waals surface area contributed by atoms with Crippen LogP contribution in [0.3, 0.4) is 0 Å². The van der Waals surface area contributed by atoms with Crippen molar-refractivity contribution in [3.63, 3.8) is 0 Å². The highest BCUT2D eigenvalue weighted by molar-refractivity contribution is 5.91. The number of ether oxygens (including phenoxy) is 1. The molecule has 0 saturated heterocycles. The molecule has 0 spiro atoms. The lowest BCUT2D eigenvalue weighted by molar-refractivity contribution is 0.0951. The number of nitrogens with zero attached hydrogens (tertiary/aromatic N) is 1. The Balaban J connectivity index is 3.03. The summed E-state index contributed by atoms with van der Waals surface area (Å²) in [4.78, 5) is 14.9. The molecule has 1 heterocycles. The van der Waals surface area contributed by atoms with Gasteiger partial charge in [-0.3, -0.25) is 4.79 Å². The predicted octanol–water partition coefficient (Wildman–Crippen LogP) is 1.33. The maximum absolute atomic E-state index is 11.0. The number of hydrogen-bond acceptors (Lipinski definition) is 4. The molecule has 0 unspecified atom stereocenters. The summed E-state index contributed by atoms with van der Waals surface area (Å²) >= 11 is 0. The normalized spacial score (nSPS) is 11.2. The van der Waals surface area contributed by atoms with Crippen LogP contribution in [-0.4, -0.2) is 16.5 Å². The fourth-order valence-electron chi connectivity index (χ4n) is 1.00. The van der Waals surface area contributed by atoms with Gasteiger partial charge in [0.25, 0.3) is 5.91 Å². The Hall–Kier alpha value is -1.78. The van der Waals surface area contributed by atoms with Crippen molar-refractivity contribution in [2.45, 2.75) is 32.8 Å². The number of amides is 1. The second-order valence-corrected chi connectivity index (χ2v) is 4.17. The molecule has 1 aromatic rings. The first-order valence-corrected chi connectivity index (χ1v) is 5.11. The molecule has 0 aromatic carbocycles. The highest BCUT2D eigenvalue weighted by Gasteiger charge is 2.19. The van der Waals surface area contributed by atoms with Crippen molar-refractivity contribution in [2.24, 2.45) is 5.73 Å². The zero-order chi connectivity index (χ0) is 12.3. The Labute approximate surface area is 94.8 Å². The van der Waals surface area contributed by atoms with Crippen LogP contribution in [0.15, 0.2) is 12.1 Å².